The number of alkyl carbamates (subject to hydrolysis) is 1. The van der Waals surface area contributed by atoms with Crippen molar-refractivity contribution in [3.05, 3.63) is 71.8 Å². The highest BCUT2D eigenvalue weighted by molar-refractivity contribution is 7.60. The van der Waals surface area contributed by atoms with E-state index in [9.17, 15) is 18.9 Å². The maximum atomic E-state index is 13.6. The maximum absolute atomic E-state index is 13.6. The highest BCUT2D eigenvalue weighted by Gasteiger charge is 2.34. The van der Waals surface area contributed by atoms with Gasteiger partial charge in [-0.2, -0.15) is 0 Å². The van der Waals surface area contributed by atoms with E-state index in [0.29, 0.717) is 19.4 Å². The Labute approximate surface area is 211 Å². The first kappa shape index (κ1) is 27.6. The van der Waals surface area contributed by atoms with Gasteiger partial charge in [0.05, 0.1) is 6.61 Å². The molecule has 1 heterocycles. The lowest BCUT2D eigenvalue weighted by Crippen LogP contribution is -2.40. The van der Waals surface area contributed by atoms with Crippen LogP contribution in [0.15, 0.2) is 60.7 Å². The molecule has 1 aliphatic rings. The van der Waals surface area contributed by atoms with Gasteiger partial charge in [-0.15, -0.1) is 0 Å². The average molecular weight is 517 g/mol. The van der Waals surface area contributed by atoms with E-state index in [4.69, 9.17) is 14.0 Å². The van der Waals surface area contributed by atoms with E-state index in [2.05, 4.69) is 10.6 Å². The number of nitrogens with one attached hydrogen (secondary N) is 2. The van der Waals surface area contributed by atoms with Gasteiger partial charge >= 0.3 is 18.0 Å². The van der Waals surface area contributed by atoms with Crippen molar-refractivity contribution >= 4 is 25.4 Å². The fourth-order valence-electron chi connectivity index (χ4n) is 4.02. The van der Waals surface area contributed by atoms with Crippen molar-refractivity contribution in [2.45, 2.75) is 44.9 Å². The molecular formula is C26H33N2O7P. The molecule has 0 aliphatic carbocycles. The second-order valence-electron chi connectivity index (χ2n) is 8.61. The molecule has 1 aliphatic heterocycles. The summed E-state index contributed by atoms with van der Waals surface area (Å²) < 4.78 is 29.4. The first-order valence-corrected chi connectivity index (χ1v) is 14.1. The molecule has 2 aromatic carbocycles. The van der Waals surface area contributed by atoms with Crippen molar-refractivity contribution in [3.8, 4) is 0 Å². The highest BCUT2D eigenvalue weighted by atomic mass is 31.2. The number of benzene rings is 2. The predicted octanol–water partition coefficient (Wildman–Crippen LogP) is 3.66. The molecule has 0 bridgehead atoms. The zero-order chi connectivity index (χ0) is 25.8. The Morgan fingerprint density at radius 2 is 1.72 bits per heavy atom. The SMILES string of the molecule is CCOP(=O)(CC(=O)OC(=O)[C@@H]1CCCN1)CC(Cc1ccccc1)NC(=O)OCc1ccccc1. The minimum Gasteiger partial charge on any atom is -0.445 e. The lowest BCUT2D eigenvalue weighted by Gasteiger charge is -2.24. The molecule has 0 aromatic heterocycles. The van der Waals surface area contributed by atoms with Gasteiger partial charge in [0.2, 0.25) is 7.37 Å². The number of hydrogen-bond donors (Lipinski definition) is 2. The molecule has 1 saturated heterocycles. The lowest BCUT2D eigenvalue weighted by atomic mass is 10.1. The third-order valence-electron chi connectivity index (χ3n) is 5.65. The zero-order valence-corrected chi connectivity index (χ0v) is 21.3. The second kappa shape index (κ2) is 13.9. The molecule has 3 atom stereocenters. The van der Waals surface area contributed by atoms with Gasteiger partial charge in [0, 0.05) is 12.2 Å². The summed E-state index contributed by atoms with van der Waals surface area (Å²) in [5.74, 6) is -1.58. The molecule has 36 heavy (non-hydrogen) atoms. The fraction of sp³-hybridized carbons (Fsp3) is 0.423. The molecule has 10 heteroatoms. The van der Waals surface area contributed by atoms with Gasteiger partial charge in [-0.3, -0.25) is 9.36 Å². The van der Waals surface area contributed by atoms with E-state index < -0.39 is 43.6 Å². The summed E-state index contributed by atoms with van der Waals surface area (Å²) in [7, 11) is -3.61. The summed E-state index contributed by atoms with van der Waals surface area (Å²) in [5.41, 5.74) is 1.73. The molecule has 194 valence electrons. The number of amides is 1. The monoisotopic (exact) mass is 516 g/mol. The molecule has 2 unspecified atom stereocenters. The van der Waals surface area contributed by atoms with Crippen LogP contribution in [0, 0.1) is 0 Å². The van der Waals surface area contributed by atoms with Gasteiger partial charge in [-0.05, 0) is 43.9 Å². The number of carbonyl (C=O) groups excluding carboxylic acids is 3. The van der Waals surface area contributed by atoms with Crippen LogP contribution in [-0.2, 0) is 41.2 Å². The molecule has 1 amide bonds. The smallest absolute Gasteiger partial charge is 0.407 e. The minimum atomic E-state index is -3.61. The fourth-order valence-corrected chi connectivity index (χ4v) is 6.17. The Kier molecular flexibility index (Phi) is 10.7. The maximum Gasteiger partial charge on any atom is 0.407 e. The van der Waals surface area contributed by atoms with Crippen LogP contribution in [0.2, 0.25) is 0 Å². The number of ether oxygens (including phenoxy) is 2. The van der Waals surface area contributed by atoms with Gasteiger partial charge in [0.25, 0.3) is 0 Å². The van der Waals surface area contributed by atoms with Crippen molar-refractivity contribution in [1.29, 1.82) is 0 Å². The third kappa shape index (κ3) is 9.22. The van der Waals surface area contributed by atoms with E-state index in [0.717, 1.165) is 17.5 Å². The predicted molar refractivity (Wildman–Crippen MR) is 135 cm³/mol. The average Bonchev–Trinajstić information content (AvgIpc) is 3.39. The Hall–Kier alpha value is -3.00. The van der Waals surface area contributed by atoms with Gasteiger partial charge in [0.1, 0.15) is 18.8 Å². The first-order chi connectivity index (χ1) is 17.4. The summed E-state index contributed by atoms with van der Waals surface area (Å²) >= 11 is 0. The Bertz CT molecular complexity index is 1040. The van der Waals surface area contributed by atoms with Crippen LogP contribution in [0.25, 0.3) is 0 Å². The van der Waals surface area contributed by atoms with E-state index in [1.54, 1.807) is 6.92 Å². The number of carbonyl (C=O) groups is 3. The number of rotatable bonds is 12. The molecule has 3 rings (SSSR count). The summed E-state index contributed by atoms with van der Waals surface area (Å²) in [4.78, 5) is 37.2. The third-order valence-corrected chi connectivity index (χ3v) is 8.12. The molecule has 1 fully saturated rings. The van der Waals surface area contributed by atoms with Crippen molar-refractivity contribution < 1.29 is 32.9 Å². The number of esters is 2. The van der Waals surface area contributed by atoms with Crippen LogP contribution < -0.4 is 10.6 Å². The van der Waals surface area contributed by atoms with Crippen molar-refractivity contribution in [2.75, 3.05) is 25.5 Å². The Balaban J connectivity index is 1.66. The van der Waals surface area contributed by atoms with Crippen LogP contribution in [0.1, 0.15) is 30.9 Å². The summed E-state index contributed by atoms with van der Waals surface area (Å²) in [6, 6.07) is 17.4. The van der Waals surface area contributed by atoms with Crippen molar-refractivity contribution in [3.63, 3.8) is 0 Å². The molecule has 0 saturated carbocycles. The van der Waals surface area contributed by atoms with Gasteiger partial charge < -0.3 is 24.6 Å². The molecule has 0 spiro atoms. The topological polar surface area (TPSA) is 120 Å². The zero-order valence-electron chi connectivity index (χ0n) is 20.4. The standard InChI is InChI=1S/C26H33N2O7P/c1-2-34-36(32,19-24(29)35-25(30)23-14-9-15-27-23)18-22(16-20-10-5-3-6-11-20)28-26(31)33-17-21-12-7-4-8-13-21/h3-8,10-13,22-23,27H,2,9,14-19H2,1H3,(H,28,31)/t22?,23-,36?/m0/s1. The summed E-state index contributed by atoms with van der Waals surface area (Å²) in [5, 5.41) is 5.73. The first-order valence-electron chi connectivity index (χ1n) is 12.1. The minimum absolute atomic E-state index is 0.0808. The van der Waals surface area contributed by atoms with Crippen LogP contribution in [-0.4, -0.2) is 55.6 Å². The number of hydrogen-bond acceptors (Lipinski definition) is 8. The quantitative estimate of drug-likeness (QED) is 0.249. The lowest BCUT2D eigenvalue weighted by molar-refractivity contribution is -0.159. The van der Waals surface area contributed by atoms with Crippen molar-refractivity contribution in [1.82, 2.24) is 10.6 Å². The summed E-state index contributed by atoms with van der Waals surface area (Å²) in [6.07, 6.45) is 0.389. The molecule has 9 nitrogen and oxygen atoms in total. The van der Waals surface area contributed by atoms with E-state index in [1.807, 2.05) is 60.7 Å². The normalized spacial score (nSPS) is 17.5. The Morgan fingerprint density at radius 3 is 2.33 bits per heavy atom. The van der Waals surface area contributed by atoms with E-state index >= 15 is 0 Å². The van der Waals surface area contributed by atoms with Crippen LogP contribution in [0.4, 0.5) is 4.79 Å². The van der Waals surface area contributed by atoms with Crippen LogP contribution in [0.5, 0.6) is 0 Å². The van der Waals surface area contributed by atoms with Gasteiger partial charge in [-0.1, -0.05) is 60.7 Å². The Morgan fingerprint density at radius 1 is 1.06 bits per heavy atom. The van der Waals surface area contributed by atoms with E-state index in [-0.39, 0.29) is 19.4 Å². The second-order valence-corrected chi connectivity index (χ2v) is 11.2. The van der Waals surface area contributed by atoms with E-state index in [1.165, 1.54) is 0 Å². The molecule has 2 aromatic rings. The van der Waals surface area contributed by atoms with Gasteiger partial charge in [-0.25, -0.2) is 9.59 Å². The van der Waals surface area contributed by atoms with Crippen LogP contribution >= 0.6 is 7.37 Å². The summed E-state index contributed by atoms with van der Waals surface area (Å²) in [6.45, 7) is 2.52. The van der Waals surface area contributed by atoms with Gasteiger partial charge in [0.15, 0.2) is 0 Å². The van der Waals surface area contributed by atoms with Crippen molar-refractivity contribution in [2.24, 2.45) is 0 Å². The molecule has 0 radical (unpaired) electrons. The molecule has 2 N–H and O–H groups in total. The highest BCUT2D eigenvalue weighted by Crippen LogP contribution is 2.47. The molecular weight excluding hydrogens is 483 g/mol. The van der Waals surface area contributed by atoms with Crippen LogP contribution in [0.3, 0.4) is 0 Å². The largest absolute Gasteiger partial charge is 0.445 e.